The molecule has 8 heteroatoms. The fourth-order valence-electron chi connectivity index (χ4n) is 4.79. The Kier molecular flexibility index (Phi) is 7.73. The molecule has 1 aliphatic heterocycles. The van der Waals surface area contributed by atoms with Crippen LogP contribution in [0, 0.1) is 12.3 Å². The van der Waals surface area contributed by atoms with Crippen LogP contribution in [0.5, 0.6) is 0 Å². The minimum atomic E-state index is -3.05. The second-order valence-electron chi connectivity index (χ2n) is 9.31. The van der Waals surface area contributed by atoms with Gasteiger partial charge < -0.3 is 4.90 Å². The maximum Gasteiger partial charge on any atom is 0.168 e. The number of sulfone groups is 1. The van der Waals surface area contributed by atoms with Crippen molar-refractivity contribution in [1.82, 2.24) is 14.7 Å². The van der Waals surface area contributed by atoms with Gasteiger partial charge in [-0.05, 0) is 49.8 Å². The molecule has 1 saturated heterocycles. The molecule has 2 heterocycles. The van der Waals surface area contributed by atoms with Gasteiger partial charge in [-0.3, -0.25) is 10.2 Å². The summed E-state index contributed by atoms with van der Waals surface area (Å²) in [7, 11) is -3.05. The Morgan fingerprint density at radius 1 is 1.03 bits per heavy atom. The van der Waals surface area contributed by atoms with Crippen LogP contribution in [0.15, 0.2) is 71.1 Å². The zero-order valence-corrected chi connectivity index (χ0v) is 22.1. The van der Waals surface area contributed by atoms with Crippen LogP contribution >= 0.6 is 0 Å². The lowest BCUT2D eigenvalue weighted by Crippen LogP contribution is -2.40. The van der Waals surface area contributed by atoms with E-state index in [4.69, 9.17) is 5.41 Å². The standard InChI is InChI=1S/C28H34N4O3S/c1-4-26(33)27(21(3)31-15-17-36(34,35)18-16-31)28(29)32-20(2)25(19-30-32)24-12-8-7-11-23(13-14-24)22-9-5-6-10-22/h5,9-14,19,29H,4,6-8,15-18H2,1-3H3/b14-13?,23-11?,24-12?,27-21+,29-28?. The highest BCUT2D eigenvalue weighted by Crippen LogP contribution is 2.28. The van der Waals surface area contributed by atoms with Crippen molar-refractivity contribution >= 4 is 27.0 Å². The molecule has 0 saturated carbocycles. The van der Waals surface area contributed by atoms with Gasteiger partial charge >= 0.3 is 0 Å². The van der Waals surface area contributed by atoms with Gasteiger partial charge in [0.25, 0.3) is 0 Å². The van der Waals surface area contributed by atoms with Gasteiger partial charge in [0.2, 0.25) is 0 Å². The quantitative estimate of drug-likeness (QED) is 0.347. The summed E-state index contributed by atoms with van der Waals surface area (Å²) in [6, 6.07) is 0. The van der Waals surface area contributed by atoms with Crippen molar-refractivity contribution in [3.05, 3.63) is 82.4 Å². The summed E-state index contributed by atoms with van der Waals surface area (Å²) in [5.41, 5.74) is 6.15. The molecule has 2 aliphatic carbocycles. The highest BCUT2D eigenvalue weighted by atomic mass is 32.2. The number of Topliss-reactive ketones (excluding diaryl/α,β-unsaturated/α-hetero) is 1. The Bertz CT molecular complexity index is 1350. The molecule has 0 unspecified atom stereocenters. The van der Waals surface area contributed by atoms with Crippen LogP contribution in [0.1, 0.15) is 50.8 Å². The first-order chi connectivity index (χ1) is 17.2. The molecule has 1 fully saturated rings. The van der Waals surface area contributed by atoms with E-state index < -0.39 is 9.84 Å². The van der Waals surface area contributed by atoms with E-state index in [1.54, 1.807) is 20.0 Å². The first-order valence-corrected chi connectivity index (χ1v) is 14.3. The fraction of sp³-hybridized carbons (Fsp3) is 0.393. The third-order valence-corrected chi connectivity index (χ3v) is 8.60. The predicted molar refractivity (Wildman–Crippen MR) is 145 cm³/mol. The molecule has 1 N–H and O–H groups in total. The molecule has 36 heavy (non-hydrogen) atoms. The van der Waals surface area contributed by atoms with Crippen LogP contribution in [-0.4, -0.2) is 59.3 Å². The van der Waals surface area contributed by atoms with Gasteiger partial charge in [0, 0.05) is 30.8 Å². The van der Waals surface area contributed by atoms with E-state index in [1.807, 2.05) is 11.8 Å². The average Bonchev–Trinajstić information content (AvgIpc) is 3.49. The Hall–Kier alpha value is -3.26. The minimum absolute atomic E-state index is 0.0220. The zero-order chi connectivity index (χ0) is 25.9. The monoisotopic (exact) mass is 506 g/mol. The Morgan fingerprint density at radius 2 is 1.67 bits per heavy atom. The molecule has 0 bridgehead atoms. The highest BCUT2D eigenvalue weighted by molar-refractivity contribution is 7.91. The number of ketones is 1. The largest absolute Gasteiger partial charge is 0.372 e. The smallest absolute Gasteiger partial charge is 0.168 e. The summed E-state index contributed by atoms with van der Waals surface area (Å²) in [5, 5.41) is 13.5. The van der Waals surface area contributed by atoms with Crippen LogP contribution < -0.4 is 0 Å². The van der Waals surface area contributed by atoms with Gasteiger partial charge in [-0.15, -0.1) is 0 Å². The van der Waals surface area contributed by atoms with E-state index in [-0.39, 0.29) is 29.5 Å². The topological polar surface area (TPSA) is 96.1 Å². The lowest BCUT2D eigenvalue weighted by molar-refractivity contribution is -0.114. The van der Waals surface area contributed by atoms with Crippen molar-refractivity contribution in [1.29, 1.82) is 5.41 Å². The third-order valence-electron chi connectivity index (χ3n) is 6.99. The van der Waals surface area contributed by atoms with Crippen molar-refractivity contribution < 1.29 is 13.2 Å². The first-order valence-electron chi connectivity index (χ1n) is 12.5. The lowest BCUT2D eigenvalue weighted by Gasteiger charge is -2.31. The Morgan fingerprint density at radius 3 is 2.31 bits per heavy atom. The van der Waals surface area contributed by atoms with Crippen LogP contribution in [0.2, 0.25) is 0 Å². The number of rotatable bonds is 6. The maximum absolute atomic E-state index is 13.0. The molecule has 0 aromatic carbocycles. The normalized spacial score (nSPS) is 20.2. The van der Waals surface area contributed by atoms with Gasteiger partial charge in [-0.25, -0.2) is 13.1 Å². The van der Waals surface area contributed by atoms with Crippen molar-refractivity contribution in [2.45, 2.75) is 46.5 Å². The van der Waals surface area contributed by atoms with Gasteiger partial charge in [0.05, 0.1) is 29.0 Å². The molecule has 3 aliphatic rings. The Labute approximate surface area is 213 Å². The summed E-state index contributed by atoms with van der Waals surface area (Å²) in [5.74, 6) is -0.0199. The SMILES string of the molecule is CCC(=O)/C(C(=N)n1ncc(C2=CCCC=C(C3=CCC=C3)C=C2)c1C)=C(/C)N1CCS(=O)(=O)CC1. The van der Waals surface area contributed by atoms with Crippen LogP contribution in [0.4, 0.5) is 0 Å². The number of allylic oxidation sites excluding steroid dienone is 12. The number of aromatic nitrogens is 2. The lowest BCUT2D eigenvalue weighted by atomic mass is 9.97. The van der Waals surface area contributed by atoms with Crippen molar-refractivity contribution in [3.63, 3.8) is 0 Å². The fourth-order valence-corrected chi connectivity index (χ4v) is 5.99. The van der Waals surface area contributed by atoms with Crippen LogP contribution in [0.3, 0.4) is 0 Å². The number of hydrogen-bond donors (Lipinski definition) is 1. The molecular formula is C28H34N4O3S. The van der Waals surface area contributed by atoms with Gasteiger partial charge in [-0.2, -0.15) is 5.10 Å². The molecule has 190 valence electrons. The number of nitrogens with one attached hydrogen (secondary N) is 1. The Balaban J connectivity index is 1.64. The van der Waals surface area contributed by atoms with Crippen molar-refractivity contribution in [3.8, 4) is 0 Å². The first kappa shape index (κ1) is 25.8. The maximum atomic E-state index is 13.0. The second kappa shape index (κ2) is 10.8. The number of nitrogens with zero attached hydrogens (tertiary/aromatic N) is 3. The van der Waals surface area contributed by atoms with Gasteiger partial charge in [0.1, 0.15) is 0 Å². The molecule has 1 aromatic rings. The molecule has 4 rings (SSSR count). The average molecular weight is 507 g/mol. The molecule has 7 nitrogen and oxygen atoms in total. The van der Waals surface area contributed by atoms with E-state index in [0.717, 1.165) is 36.1 Å². The van der Waals surface area contributed by atoms with Gasteiger partial charge in [-0.1, -0.05) is 49.5 Å². The van der Waals surface area contributed by atoms with Crippen LogP contribution in [-0.2, 0) is 14.6 Å². The van der Waals surface area contributed by atoms with Gasteiger partial charge in [0.15, 0.2) is 21.5 Å². The van der Waals surface area contributed by atoms with Crippen molar-refractivity contribution in [2.75, 3.05) is 24.6 Å². The van der Waals surface area contributed by atoms with E-state index in [2.05, 4.69) is 47.6 Å². The van der Waals surface area contributed by atoms with E-state index in [9.17, 15) is 13.2 Å². The summed E-state index contributed by atoms with van der Waals surface area (Å²) in [4.78, 5) is 14.9. The molecule has 0 atom stereocenters. The third kappa shape index (κ3) is 5.43. The number of hydrogen-bond acceptors (Lipinski definition) is 6. The molecule has 0 amide bonds. The zero-order valence-electron chi connectivity index (χ0n) is 21.3. The summed E-state index contributed by atoms with van der Waals surface area (Å²) in [6.07, 6.45) is 20.1. The van der Waals surface area contributed by atoms with Crippen molar-refractivity contribution in [2.24, 2.45) is 0 Å². The number of carbonyl (C=O) groups is 1. The molecule has 1 aromatic heterocycles. The van der Waals surface area contributed by atoms with E-state index >= 15 is 0 Å². The predicted octanol–water partition coefficient (Wildman–Crippen LogP) is 4.55. The minimum Gasteiger partial charge on any atom is -0.372 e. The molecule has 0 spiro atoms. The molecule has 0 radical (unpaired) electrons. The van der Waals surface area contributed by atoms with Crippen LogP contribution in [0.25, 0.3) is 5.57 Å². The highest BCUT2D eigenvalue weighted by Gasteiger charge is 2.27. The molecular weight excluding hydrogens is 472 g/mol. The summed E-state index contributed by atoms with van der Waals surface area (Å²) >= 11 is 0. The number of carbonyl (C=O) groups excluding carboxylic acids is 1. The summed E-state index contributed by atoms with van der Waals surface area (Å²) in [6.45, 7) is 6.14. The van der Waals surface area contributed by atoms with E-state index in [1.165, 1.54) is 15.8 Å². The van der Waals surface area contributed by atoms with E-state index in [0.29, 0.717) is 24.4 Å². The summed E-state index contributed by atoms with van der Waals surface area (Å²) < 4.78 is 25.3. The second-order valence-corrected chi connectivity index (χ2v) is 11.6.